The molecule has 0 unspecified atom stereocenters. The fourth-order valence-corrected chi connectivity index (χ4v) is 4.36. The zero-order chi connectivity index (χ0) is 26.8. The summed E-state index contributed by atoms with van der Waals surface area (Å²) < 4.78 is 34.2. The normalized spacial score (nSPS) is 11.7. The van der Waals surface area contributed by atoms with E-state index in [1.807, 2.05) is 64.0 Å². The van der Waals surface area contributed by atoms with Crippen molar-refractivity contribution in [1.29, 1.82) is 0 Å². The van der Waals surface area contributed by atoms with E-state index in [2.05, 4.69) is 20.2 Å². The van der Waals surface area contributed by atoms with Gasteiger partial charge in [-0.05, 0) is 66.7 Å². The van der Waals surface area contributed by atoms with Gasteiger partial charge in [0.1, 0.15) is 0 Å². The number of hydrogen-bond donors (Lipinski definition) is 2. The van der Waals surface area contributed by atoms with Crippen LogP contribution >= 0.6 is 0 Å². The van der Waals surface area contributed by atoms with Crippen LogP contribution in [0.3, 0.4) is 0 Å². The van der Waals surface area contributed by atoms with Gasteiger partial charge in [-0.15, -0.1) is 10.2 Å². The van der Waals surface area contributed by atoms with Gasteiger partial charge >= 0.3 is 0 Å². The first-order valence-electron chi connectivity index (χ1n) is 11.6. The molecule has 4 aromatic rings. The number of hydrogen-bond acceptors (Lipinski definition) is 7. The molecule has 0 radical (unpaired) electrons. The van der Waals surface area contributed by atoms with Gasteiger partial charge < -0.3 is 14.6 Å². The summed E-state index contributed by atoms with van der Waals surface area (Å²) in [6.07, 6.45) is 0. The van der Waals surface area contributed by atoms with Crippen molar-refractivity contribution >= 4 is 33.0 Å². The number of aromatic nitrogens is 2. The van der Waals surface area contributed by atoms with Crippen molar-refractivity contribution in [2.24, 2.45) is 5.41 Å². The predicted octanol–water partition coefficient (Wildman–Crippen LogP) is 5.26. The predicted molar refractivity (Wildman–Crippen MR) is 145 cm³/mol. The second kappa shape index (κ2) is 10.1. The lowest BCUT2D eigenvalue weighted by Crippen LogP contribution is -2.27. The molecule has 1 amide bonds. The smallest absolute Gasteiger partial charge is 0.261 e. The molecule has 0 atom stereocenters. The van der Waals surface area contributed by atoms with E-state index in [9.17, 15) is 13.2 Å². The first-order chi connectivity index (χ1) is 17.4. The molecule has 2 N–H and O–H groups in total. The van der Waals surface area contributed by atoms with Gasteiger partial charge in [-0.3, -0.25) is 9.52 Å². The van der Waals surface area contributed by atoms with Crippen LogP contribution in [-0.2, 0) is 14.8 Å². The molecule has 0 saturated carbocycles. The van der Waals surface area contributed by atoms with Crippen LogP contribution in [0.25, 0.3) is 22.9 Å². The van der Waals surface area contributed by atoms with Crippen molar-refractivity contribution in [3.63, 3.8) is 0 Å². The average molecular weight is 520 g/mol. The maximum absolute atomic E-state index is 12.9. The largest absolute Gasteiger partial charge is 0.416 e. The lowest BCUT2D eigenvalue weighted by Gasteiger charge is -2.17. The molecule has 1 aromatic heterocycles. The molecule has 0 fully saturated rings. The summed E-state index contributed by atoms with van der Waals surface area (Å²) in [6.45, 7) is 5.45. The zero-order valence-electron chi connectivity index (χ0n) is 21.3. The van der Waals surface area contributed by atoms with Crippen LogP contribution in [0.15, 0.2) is 82.1 Å². The molecule has 0 aliphatic heterocycles. The van der Waals surface area contributed by atoms with Crippen LogP contribution in [-0.4, -0.2) is 38.6 Å². The summed E-state index contributed by atoms with van der Waals surface area (Å²) in [5.74, 6) is 0.533. The van der Waals surface area contributed by atoms with Gasteiger partial charge in [0.05, 0.1) is 4.90 Å². The molecule has 9 nitrogen and oxygen atoms in total. The Bertz CT molecular complexity index is 1500. The van der Waals surface area contributed by atoms with Gasteiger partial charge in [-0.1, -0.05) is 26.8 Å². The third kappa shape index (κ3) is 6.15. The van der Waals surface area contributed by atoms with Crippen molar-refractivity contribution in [3.8, 4) is 22.9 Å². The number of anilines is 3. The first kappa shape index (κ1) is 25.9. The maximum atomic E-state index is 12.9. The highest BCUT2D eigenvalue weighted by Crippen LogP contribution is 2.28. The highest BCUT2D eigenvalue weighted by molar-refractivity contribution is 7.92. The van der Waals surface area contributed by atoms with E-state index < -0.39 is 15.4 Å². The van der Waals surface area contributed by atoms with Crippen LogP contribution < -0.4 is 14.9 Å². The molecule has 0 saturated heterocycles. The third-order valence-corrected chi connectivity index (χ3v) is 6.92. The van der Waals surface area contributed by atoms with Crippen molar-refractivity contribution in [1.82, 2.24) is 10.2 Å². The highest BCUT2D eigenvalue weighted by atomic mass is 32.2. The van der Waals surface area contributed by atoms with Crippen LogP contribution in [0, 0.1) is 5.41 Å². The van der Waals surface area contributed by atoms with E-state index in [4.69, 9.17) is 4.42 Å². The Kier molecular flexibility index (Phi) is 7.04. The number of amides is 1. The van der Waals surface area contributed by atoms with Crippen molar-refractivity contribution in [2.45, 2.75) is 25.7 Å². The van der Waals surface area contributed by atoms with Gasteiger partial charge in [0.25, 0.3) is 10.0 Å². The summed E-state index contributed by atoms with van der Waals surface area (Å²) in [4.78, 5) is 14.2. The number of carbonyl (C=O) groups is 1. The molecule has 1 heterocycles. The van der Waals surface area contributed by atoms with Crippen LogP contribution in [0.2, 0.25) is 0 Å². The fourth-order valence-electron chi connectivity index (χ4n) is 3.30. The number of nitrogens with one attached hydrogen (secondary N) is 2. The van der Waals surface area contributed by atoms with E-state index in [1.165, 1.54) is 12.1 Å². The molecular weight excluding hydrogens is 490 g/mol. The Hall–Kier alpha value is -4.18. The number of sulfonamides is 1. The second-order valence-electron chi connectivity index (χ2n) is 9.77. The van der Waals surface area contributed by atoms with E-state index >= 15 is 0 Å². The molecule has 3 aromatic carbocycles. The molecule has 0 bridgehead atoms. The van der Waals surface area contributed by atoms with Crippen molar-refractivity contribution < 1.29 is 17.6 Å². The van der Waals surface area contributed by atoms with Crippen molar-refractivity contribution in [3.05, 3.63) is 72.8 Å². The Balaban J connectivity index is 1.46. The van der Waals surface area contributed by atoms with Gasteiger partial charge in [-0.25, -0.2) is 8.42 Å². The molecule has 192 valence electrons. The van der Waals surface area contributed by atoms with Crippen molar-refractivity contribution in [2.75, 3.05) is 29.0 Å². The third-order valence-electron chi connectivity index (χ3n) is 5.52. The molecular formula is C27H29N5O4S. The summed E-state index contributed by atoms with van der Waals surface area (Å²) in [6, 6.07) is 20.4. The second-order valence-corrected chi connectivity index (χ2v) is 11.5. The van der Waals surface area contributed by atoms with E-state index in [0.717, 1.165) is 11.3 Å². The molecule has 0 aliphatic rings. The maximum Gasteiger partial charge on any atom is 0.261 e. The quantitative estimate of drug-likeness (QED) is 0.342. The van der Waals surface area contributed by atoms with Crippen LogP contribution in [0.1, 0.15) is 20.8 Å². The van der Waals surface area contributed by atoms with E-state index in [0.29, 0.717) is 22.8 Å². The standard InChI is InChI=1S/C27H29N5O4S/c1-27(2,3)26(33)28-20-11-13-21(14-12-20)31-37(34,35)23-15-9-18(10-16-23)24-29-30-25(36-24)19-7-6-8-22(17-19)32(4)5/h6-17,31H,1-5H3,(H,28,33). The minimum absolute atomic E-state index is 0.0831. The molecule has 4 rings (SSSR count). The Morgan fingerprint density at radius 1 is 0.838 bits per heavy atom. The van der Waals surface area contributed by atoms with Gasteiger partial charge in [0.15, 0.2) is 0 Å². The lowest BCUT2D eigenvalue weighted by atomic mass is 9.95. The minimum Gasteiger partial charge on any atom is -0.416 e. The summed E-state index contributed by atoms with van der Waals surface area (Å²) >= 11 is 0. The monoisotopic (exact) mass is 519 g/mol. The fraction of sp³-hybridized carbons (Fsp3) is 0.222. The molecule has 0 spiro atoms. The minimum atomic E-state index is -3.83. The number of rotatable bonds is 7. The first-order valence-corrected chi connectivity index (χ1v) is 13.1. The van der Waals surface area contributed by atoms with Gasteiger partial charge in [0, 0.05) is 47.7 Å². The Morgan fingerprint density at radius 3 is 2.03 bits per heavy atom. The Morgan fingerprint density at radius 2 is 1.43 bits per heavy atom. The SMILES string of the molecule is CN(C)c1cccc(-c2nnc(-c3ccc(S(=O)(=O)Nc4ccc(NC(=O)C(C)(C)C)cc4)cc3)o2)c1. The average Bonchev–Trinajstić information content (AvgIpc) is 3.35. The van der Waals surface area contributed by atoms with E-state index in [-0.39, 0.29) is 16.7 Å². The summed E-state index contributed by atoms with van der Waals surface area (Å²) in [5, 5.41) is 11.1. The van der Waals surface area contributed by atoms with Gasteiger partial charge in [-0.2, -0.15) is 0 Å². The summed E-state index contributed by atoms with van der Waals surface area (Å²) in [5.41, 5.74) is 2.81. The topological polar surface area (TPSA) is 117 Å². The number of benzene rings is 3. The van der Waals surface area contributed by atoms with Crippen LogP contribution in [0.4, 0.5) is 17.1 Å². The lowest BCUT2D eigenvalue weighted by molar-refractivity contribution is -0.123. The number of nitrogens with zero attached hydrogens (tertiary/aromatic N) is 3. The summed E-state index contributed by atoms with van der Waals surface area (Å²) in [7, 11) is 0.0688. The molecule has 0 aliphatic carbocycles. The molecule has 10 heteroatoms. The Labute approximate surface area is 216 Å². The number of carbonyl (C=O) groups excluding carboxylic acids is 1. The van der Waals surface area contributed by atoms with Crippen LogP contribution in [0.5, 0.6) is 0 Å². The van der Waals surface area contributed by atoms with Gasteiger partial charge in [0.2, 0.25) is 17.7 Å². The van der Waals surface area contributed by atoms with E-state index in [1.54, 1.807) is 36.4 Å². The molecule has 37 heavy (non-hydrogen) atoms. The highest BCUT2D eigenvalue weighted by Gasteiger charge is 2.21. The zero-order valence-corrected chi connectivity index (χ0v) is 22.1.